The van der Waals surface area contributed by atoms with Crippen LogP contribution in [-0.2, 0) is 11.2 Å². The van der Waals surface area contributed by atoms with Gasteiger partial charge in [-0.05, 0) is 36.0 Å². The van der Waals surface area contributed by atoms with Crippen LogP contribution in [0.5, 0.6) is 0 Å². The fourth-order valence-corrected chi connectivity index (χ4v) is 2.67. The minimum atomic E-state index is 0.0914. The van der Waals surface area contributed by atoms with Crippen molar-refractivity contribution in [3.05, 3.63) is 29.8 Å². The molecule has 0 spiro atoms. The topological polar surface area (TPSA) is 55.1 Å². The lowest BCUT2D eigenvalue weighted by atomic mass is 9.89. The van der Waals surface area contributed by atoms with E-state index in [2.05, 4.69) is 12.2 Å². The van der Waals surface area contributed by atoms with E-state index < -0.39 is 0 Å². The van der Waals surface area contributed by atoms with E-state index in [1.165, 1.54) is 25.7 Å². The predicted octanol–water partition coefficient (Wildman–Crippen LogP) is 2.51. The molecule has 0 saturated heterocycles. The molecule has 3 N–H and O–H groups in total. The van der Waals surface area contributed by atoms with Crippen LogP contribution in [0.25, 0.3) is 0 Å². The van der Waals surface area contributed by atoms with E-state index in [0.717, 1.165) is 12.1 Å². The number of benzene rings is 1. The number of anilines is 1. The Hall–Kier alpha value is -1.51. The van der Waals surface area contributed by atoms with E-state index in [0.29, 0.717) is 17.5 Å². The van der Waals surface area contributed by atoms with Gasteiger partial charge in [-0.25, -0.2) is 0 Å². The van der Waals surface area contributed by atoms with Crippen LogP contribution in [0.2, 0.25) is 0 Å². The highest BCUT2D eigenvalue weighted by atomic mass is 16.1. The summed E-state index contributed by atoms with van der Waals surface area (Å²) in [6.45, 7) is 3.06. The summed E-state index contributed by atoms with van der Waals surface area (Å²) in [6, 6.07) is 7.52. The Bertz CT molecular complexity index is 422. The molecule has 1 saturated carbocycles. The van der Waals surface area contributed by atoms with E-state index in [9.17, 15) is 4.79 Å². The van der Waals surface area contributed by atoms with Crippen molar-refractivity contribution in [3.8, 4) is 0 Å². The van der Waals surface area contributed by atoms with E-state index in [1.54, 1.807) is 0 Å². The Morgan fingerprint density at radius 3 is 2.78 bits per heavy atom. The summed E-state index contributed by atoms with van der Waals surface area (Å²) in [7, 11) is 0. The fourth-order valence-electron chi connectivity index (χ4n) is 2.67. The number of rotatable bonds is 4. The molecule has 0 aliphatic heterocycles. The third-order valence-electron chi connectivity index (χ3n) is 3.84. The fraction of sp³-hybridized carbons (Fsp3) is 0.533. The summed E-state index contributed by atoms with van der Waals surface area (Å²) in [5.41, 5.74) is 7.70. The zero-order valence-electron chi connectivity index (χ0n) is 11.0. The average Bonchev–Trinajstić information content (AvgIpc) is 2.74. The molecule has 0 heterocycles. The summed E-state index contributed by atoms with van der Waals surface area (Å²) in [4.78, 5) is 11.9. The van der Waals surface area contributed by atoms with Crippen molar-refractivity contribution < 1.29 is 4.79 Å². The summed E-state index contributed by atoms with van der Waals surface area (Å²) in [5, 5.41) is 3.05. The highest BCUT2D eigenvalue weighted by molar-refractivity contribution is 5.78. The van der Waals surface area contributed by atoms with Gasteiger partial charge in [0.15, 0.2) is 0 Å². The van der Waals surface area contributed by atoms with E-state index in [4.69, 9.17) is 5.73 Å². The third kappa shape index (κ3) is 3.49. The van der Waals surface area contributed by atoms with Gasteiger partial charge in [0.2, 0.25) is 5.91 Å². The van der Waals surface area contributed by atoms with Crippen molar-refractivity contribution in [3.63, 3.8) is 0 Å². The van der Waals surface area contributed by atoms with Crippen LogP contribution in [0, 0.1) is 5.41 Å². The molecular formula is C15H22N2O. The number of hydrogen-bond donors (Lipinski definition) is 2. The molecular weight excluding hydrogens is 224 g/mol. The molecule has 1 aliphatic rings. The number of nitrogens with two attached hydrogens (primary N) is 1. The maximum absolute atomic E-state index is 11.9. The van der Waals surface area contributed by atoms with Crippen LogP contribution < -0.4 is 11.1 Å². The van der Waals surface area contributed by atoms with Crippen LogP contribution in [0.3, 0.4) is 0 Å². The lowest BCUT2D eigenvalue weighted by Crippen LogP contribution is -2.34. The minimum Gasteiger partial charge on any atom is -0.399 e. The van der Waals surface area contributed by atoms with Crippen LogP contribution >= 0.6 is 0 Å². The first-order chi connectivity index (χ1) is 8.57. The van der Waals surface area contributed by atoms with Crippen molar-refractivity contribution in [2.24, 2.45) is 5.41 Å². The van der Waals surface area contributed by atoms with Crippen LogP contribution in [0.15, 0.2) is 24.3 Å². The van der Waals surface area contributed by atoms with E-state index in [-0.39, 0.29) is 5.91 Å². The first-order valence-corrected chi connectivity index (χ1v) is 6.69. The molecule has 2 rings (SSSR count). The van der Waals surface area contributed by atoms with Gasteiger partial charge >= 0.3 is 0 Å². The number of nitrogens with one attached hydrogen (secondary N) is 1. The number of hydrogen-bond acceptors (Lipinski definition) is 2. The van der Waals surface area contributed by atoms with Gasteiger partial charge in [0, 0.05) is 12.2 Å². The quantitative estimate of drug-likeness (QED) is 0.802. The average molecular weight is 246 g/mol. The van der Waals surface area contributed by atoms with Crippen molar-refractivity contribution >= 4 is 11.6 Å². The SMILES string of the molecule is CC1(CNC(=O)Cc2cccc(N)c2)CCCC1. The number of carbonyl (C=O) groups is 1. The monoisotopic (exact) mass is 246 g/mol. The number of carbonyl (C=O) groups excluding carboxylic acids is 1. The normalized spacial score (nSPS) is 17.6. The lowest BCUT2D eigenvalue weighted by Gasteiger charge is -2.23. The van der Waals surface area contributed by atoms with E-state index >= 15 is 0 Å². The molecule has 1 aromatic carbocycles. The van der Waals surface area contributed by atoms with Gasteiger partial charge < -0.3 is 11.1 Å². The molecule has 1 fully saturated rings. The van der Waals surface area contributed by atoms with E-state index in [1.807, 2.05) is 24.3 Å². The smallest absolute Gasteiger partial charge is 0.224 e. The lowest BCUT2D eigenvalue weighted by molar-refractivity contribution is -0.120. The minimum absolute atomic E-state index is 0.0914. The Kier molecular flexibility index (Phi) is 3.90. The van der Waals surface area contributed by atoms with Gasteiger partial charge in [0.1, 0.15) is 0 Å². The largest absolute Gasteiger partial charge is 0.399 e. The second-order valence-electron chi connectivity index (χ2n) is 5.72. The number of amides is 1. The first-order valence-electron chi connectivity index (χ1n) is 6.69. The molecule has 0 unspecified atom stereocenters. The summed E-state index contributed by atoms with van der Waals surface area (Å²) >= 11 is 0. The highest BCUT2D eigenvalue weighted by Crippen LogP contribution is 2.36. The summed E-state index contributed by atoms with van der Waals surface area (Å²) in [6.07, 6.45) is 5.46. The van der Waals surface area contributed by atoms with Gasteiger partial charge in [0.05, 0.1) is 6.42 Å². The Balaban J connectivity index is 1.82. The Morgan fingerprint density at radius 2 is 2.11 bits per heavy atom. The molecule has 0 bridgehead atoms. The Labute approximate surface area is 109 Å². The molecule has 0 atom stereocenters. The molecule has 3 nitrogen and oxygen atoms in total. The highest BCUT2D eigenvalue weighted by Gasteiger charge is 2.28. The molecule has 1 aromatic rings. The number of nitrogen functional groups attached to an aromatic ring is 1. The maximum Gasteiger partial charge on any atom is 0.224 e. The van der Waals surface area contributed by atoms with Crippen molar-refractivity contribution in [1.82, 2.24) is 5.32 Å². The zero-order valence-corrected chi connectivity index (χ0v) is 11.0. The third-order valence-corrected chi connectivity index (χ3v) is 3.84. The second-order valence-corrected chi connectivity index (χ2v) is 5.72. The molecule has 98 valence electrons. The Morgan fingerprint density at radius 1 is 1.39 bits per heavy atom. The van der Waals surface area contributed by atoms with Crippen LogP contribution in [-0.4, -0.2) is 12.5 Å². The summed E-state index contributed by atoms with van der Waals surface area (Å²) < 4.78 is 0. The standard InChI is InChI=1S/C15H22N2O/c1-15(7-2-3-8-15)11-17-14(18)10-12-5-4-6-13(16)9-12/h4-6,9H,2-3,7-8,10-11,16H2,1H3,(H,17,18). The molecule has 0 radical (unpaired) electrons. The maximum atomic E-state index is 11.9. The zero-order chi connectivity index (χ0) is 13.0. The van der Waals surface area contributed by atoms with Gasteiger partial charge in [-0.3, -0.25) is 4.79 Å². The van der Waals surface area contributed by atoms with Crippen molar-refractivity contribution in [1.29, 1.82) is 0 Å². The first kappa shape index (κ1) is 12.9. The molecule has 3 heteroatoms. The molecule has 1 aliphatic carbocycles. The van der Waals surface area contributed by atoms with Gasteiger partial charge in [-0.15, -0.1) is 0 Å². The molecule has 18 heavy (non-hydrogen) atoms. The molecule has 1 amide bonds. The molecule has 0 aromatic heterocycles. The summed E-state index contributed by atoms with van der Waals surface area (Å²) in [5.74, 6) is 0.0914. The van der Waals surface area contributed by atoms with Crippen molar-refractivity contribution in [2.45, 2.75) is 39.0 Å². The van der Waals surface area contributed by atoms with Crippen molar-refractivity contribution in [2.75, 3.05) is 12.3 Å². The van der Waals surface area contributed by atoms with Crippen LogP contribution in [0.4, 0.5) is 5.69 Å². The second kappa shape index (κ2) is 5.42. The van der Waals surface area contributed by atoms with Gasteiger partial charge in [-0.1, -0.05) is 31.9 Å². The predicted molar refractivity (Wildman–Crippen MR) is 74.1 cm³/mol. The van der Waals surface area contributed by atoms with Gasteiger partial charge in [0.25, 0.3) is 0 Å². The van der Waals surface area contributed by atoms with Gasteiger partial charge in [-0.2, -0.15) is 0 Å². The van der Waals surface area contributed by atoms with Crippen LogP contribution in [0.1, 0.15) is 38.2 Å².